The van der Waals surface area contributed by atoms with Crippen molar-refractivity contribution in [2.45, 2.75) is 32.8 Å². The van der Waals surface area contributed by atoms with E-state index in [2.05, 4.69) is 42.9 Å². The molecule has 6 heteroatoms. The zero-order chi connectivity index (χ0) is 17.1. The zero-order valence-corrected chi connectivity index (χ0v) is 15.0. The number of urea groups is 1. The fraction of sp³-hybridized carbons (Fsp3) is 0.444. The molecule has 24 heavy (non-hydrogen) atoms. The standard InChI is InChI=1S/C18H23N3O2S/c1-4-9-19-17(22)21-10-7-14(8-11-21)23-18-20-15-12(2)5-6-13(3)16(15)24-18/h4-6,14H,1,7-11H2,2-3H3,(H,19,22). The molecule has 3 rings (SSSR count). The number of rotatable bonds is 4. The second kappa shape index (κ2) is 7.21. The van der Waals surface area contributed by atoms with E-state index in [4.69, 9.17) is 4.74 Å². The summed E-state index contributed by atoms with van der Waals surface area (Å²) in [4.78, 5) is 18.4. The van der Waals surface area contributed by atoms with Crippen LogP contribution in [0.3, 0.4) is 0 Å². The van der Waals surface area contributed by atoms with Crippen molar-refractivity contribution in [1.29, 1.82) is 0 Å². The van der Waals surface area contributed by atoms with Crippen LogP contribution in [0.5, 0.6) is 5.19 Å². The summed E-state index contributed by atoms with van der Waals surface area (Å²) in [6.07, 6.45) is 3.46. The first-order valence-electron chi connectivity index (χ1n) is 8.25. The number of thiazole rings is 1. The molecule has 5 nitrogen and oxygen atoms in total. The van der Waals surface area contributed by atoms with Gasteiger partial charge in [0.15, 0.2) is 0 Å². The highest BCUT2D eigenvalue weighted by Gasteiger charge is 2.24. The van der Waals surface area contributed by atoms with E-state index in [0.717, 1.165) is 23.6 Å². The Morgan fingerprint density at radius 1 is 1.42 bits per heavy atom. The zero-order valence-electron chi connectivity index (χ0n) is 14.2. The van der Waals surface area contributed by atoms with E-state index in [0.29, 0.717) is 19.6 Å². The number of piperidine rings is 1. The average Bonchev–Trinajstić information content (AvgIpc) is 3.02. The Bertz CT molecular complexity index is 709. The van der Waals surface area contributed by atoms with Gasteiger partial charge in [-0.25, -0.2) is 9.78 Å². The lowest BCUT2D eigenvalue weighted by Gasteiger charge is -2.31. The number of fused-ring (bicyclic) bond motifs is 1. The van der Waals surface area contributed by atoms with Crippen LogP contribution in [-0.4, -0.2) is 41.7 Å². The molecule has 2 heterocycles. The molecule has 1 saturated heterocycles. The number of likely N-dealkylation sites (tertiary alicyclic amines) is 1. The van der Waals surface area contributed by atoms with E-state index in [1.165, 1.54) is 15.8 Å². The van der Waals surface area contributed by atoms with Gasteiger partial charge in [0.25, 0.3) is 5.19 Å². The van der Waals surface area contributed by atoms with E-state index in [-0.39, 0.29) is 12.1 Å². The molecule has 0 bridgehead atoms. The van der Waals surface area contributed by atoms with E-state index in [1.54, 1.807) is 17.4 Å². The van der Waals surface area contributed by atoms with Crippen molar-refractivity contribution in [3.8, 4) is 5.19 Å². The van der Waals surface area contributed by atoms with Crippen LogP contribution in [0.25, 0.3) is 10.2 Å². The van der Waals surface area contributed by atoms with Crippen molar-refractivity contribution in [3.05, 3.63) is 35.9 Å². The van der Waals surface area contributed by atoms with Gasteiger partial charge < -0.3 is 15.0 Å². The van der Waals surface area contributed by atoms with Gasteiger partial charge in [-0.1, -0.05) is 29.5 Å². The van der Waals surface area contributed by atoms with Crippen LogP contribution in [0, 0.1) is 13.8 Å². The number of hydrogen-bond donors (Lipinski definition) is 1. The first-order chi connectivity index (χ1) is 11.6. The molecule has 0 unspecified atom stereocenters. The highest BCUT2D eigenvalue weighted by atomic mass is 32.1. The molecule has 1 aromatic carbocycles. The highest BCUT2D eigenvalue weighted by molar-refractivity contribution is 7.20. The molecule has 1 fully saturated rings. The summed E-state index contributed by atoms with van der Waals surface area (Å²) in [7, 11) is 0. The van der Waals surface area contributed by atoms with Crippen LogP contribution < -0.4 is 10.1 Å². The highest BCUT2D eigenvalue weighted by Crippen LogP contribution is 2.33. The smallest absolute Gasteiger partial charge is 0.317 e. The lowest BCUT2D eigenvalue weighted by molar-refractivity contribution is 0.111. The van der Waals surface area contributed by atoms with Crippen molar-refractivity contribution >= 4 is 27.6 Å². The topological polar surface area (TPSA) is 54.5 Å². The van der Waals surface area contributed by atoms with Crippen molar-refractivity contribution in [2.24, 2.45) is 0 Å². The van der Waals surface area contributed by atoms with Gasteiger partial charge in [-0.2, -0.15) is 0 Å². The predicted octanol–water partition coefficient (Wildman–Crippen LogP) is 3.65. The van der Waals surface area contributed by atoms with Gasteiger partial charge in [-0.3, -0.25) is 0 Å². The Hall–Kier alpha value is -2.08. The molecule has 1 aliphatic heterocycles. The Morgan fingerprint density at radius 2 is 2.12 bits per heavy atom. The van der Waals surface area contributed by atoms with E-state index in [9.17, 15) is 4.79 Å². The fourth-order valence-electron chi connectivity index (χ4n) is 2.88. The van der Waals surface area contributed by atoms with Crippen molar-refractivity contribution < 1.29 is 9.53 Å². The molecule has 128 valence electrons. The Kier molecular flexibility index (Phi) is 5.04. The van der Waals surface area contributed by atoms with Gasteiger partial charge in [0, 0.05) is 32.5 Å². The summed E-state index contributed by atoms with van der Waals surface area (Å²) in [6, 6.07) is 4.20. The number of carbonyl (C=O) groups is 1. The number of ether oxygens (including phenoxy) is 1. The predicted molar refractivity (Wildman–Crippen MR) is 97.9 cm³/mol. The molecule has 0 spiro atoms. The first-order valence-corrected chi connectivity index (χ1v) is 9.07. The van der Waals surface area contributed by atoms with E-state index < -0.39 is 0 Å². The van der Waals surface area contributed by atoms with Crippen LogP contribution in [0.4, 0.5) is 4.79 Å². The van der Waals surface area contributed by atoms with Crippen molar-refractivity contribution in [1.82, 2.24) is 15.2 Å². The van der Waals surface area contributed by atoms with Crippen LogP contribution in [0.1, 0.15) is 24.0 Å². The number of amides is 2. The summed E-state index contributed by atoms with van der Waals surface area (Å²) in [5, 5.41) is 3.55. The Balaban J connectivity index is 1.60. The number of benzene rings is 1. The SMILES string of the molecule is C=CCNC(=O)N1CCC(Oc2nc3c(C)ccc(C)c3s2)CC1. The van der Waals surface area contributed by atoms with Crippen LogP contribution in [-0.2, 0) is 0 Å². The summed E-state index contributed by atoms with van der Waals surface area (Å²) in [6.45, 7) is 9.69. The molecule has 0 saturated carbocycles. The third kappa shape index (κ3) is 3.53. The van der Waals surface area contributed by atoms with Crippen molar-refractivity contribution in [2.75, 3.05) is 19.6 Å². The lowest BCUT2D eigenvalue weighted by Crippen LogP contribution is -2.46. The molecule has 1 aliphatic rings. The molecule has 0 atom stereocenters. The third-order valence-electron chi connectivity index (χ3n) is 4.32. The van der Waals surface area contributed by atoms with Gasteiger partial charge in [-0.05, 0) is 25.0 Å². The molecular formula is C18H23N3O2S. The number of carbonyl (C=O) groups excluding carboxylic acids is 1. The maximum Gasteiger partial charge on any atom is 0.317 e. The van der Waals surface area contributed by atoms with Crippen LogP contribution in [0.2, 0.25) is 0 Å². The molecule has 0 radical (unpaired) electrons. The normalized spacial score (nSPS) is 15.5. The minimum absolute atomic E-state index is 0.0282. The minimum atomic E-state index is -0.0282. The third-order valence-corrected chi connectivity index (χ3v) is 5.40. The van der Waals surface area contributed by atoms with Gasteiger partial charge in [0.2, 0.25) is 0 Å². The van der Waals surface area contributed by atoms with Crippen LogP contribution in [0.15, 0.2) is 24.8 Å². The molecule has 2 amide bonds. The van der Waals surface area contributed by atoms with E-state index in [1.807, 2.05) is 4.90 Å². The molecule has 0 aliphatic carbocycles. The van der Waals surface area contributed by atoms with Gasteiger partial charge in [-0.15, -0.1) is 6.58 Å². The Labute approximate surface area is 146 Å². The number of nitrogens with zero attached hydrogens (tertiary/aromatic N) is 2. The summed E-state index contributed by atoms with van der Waals surface area (Å²) in [5.41, 5.74) is 3.45. The molecule has 1 N–H and O–H groups in total. The van der Waals surface area contributed by atoms with E-state index >= 15 is 0 Å². The lowest BCUT2D eigenvalue weighted by atomic mass is 10.1. The number of hydrogen-bond acceptors (Lipinski definition) is 4. The van der Waals surface area contributed by atoms with Crippen LogP contribution >= 0.6 is 11.3 Å². The minimum Gasteiger partial charge on any atom is -0.467 e. The number of aromatic nitrogens is 1. The molecule has 2 aromatic rings. The summed E-state index contributed by atoms with van der Waals surface area (Å²) < 4.78 is 7.29. The maximum atomic E-state index is 11.9. The van der Waals surface area contributed by atoms with Gasteiger partial charge in [0.1, 0.15) is 6.10 Å². The fourth-order valence-corrected chi connectivity index (χ4v) is 3.91. The molecular weight excluding hydrogens is 322 g/mol. The largest absolute Gasteiger partial charge is 0.467 e. The van der Waals surface area contributed by atoms with Gasteiger partial charge in [0.05, 0.1) is 10.2 Å². The summed E-state index contributed by atoms with van der Waals surface area (Å²) in [5.74, 6) is 0. The van der Waals surface area contributed by atoms with Gasteiger partial charge >= 0.3 is 6.03 Å². The second-order valence-corrected chi connectivity index (χ2v) is 7.10. The Morgan fingerprint density at radius 3 is 2.79 bits per heavy atom. The average molecular weight is 345 g/mol. The summed E-state index contributed by atoms with van der Waals surface area (Å²) >= 11 is 1.61. The number of nitrogens with one attached hydrogen (secondary N) is 1. The quantitative estimate of drug-likeness (QED) is 0.861. The number of aryl methyl sites for hydroxylation is 2. The maximum absolute atomic E-state index is 11.9. The first kappa shape index (κ1) is 16.8. The van der Waals surface area contributed by atoms with Crippen molar-refractivity contribution in [3.63, 3.8) is 0 Å². The molecule has 1 aromatic heterocycles. The monoisotopic (exact) mass is 345 g/mol. The second-order valence-electron chi connectivity index (χ2n) is 6.14.